The van der Waals surface area contributed by atoms with E-state index in [-0.39, 0.29) is 11.8 Å². The molecular formula is C22H28N4O3S. The lowest BCUT2D eigenvalue weighted by atomic mass is 9.96. The van der Waals surface area contributed by atoms with Crippen molar-refractivity contribution in [1.29, 1.82) is 0 Å². The molecule has 0 radical (unpaired) electrons. The number of anilines is 1. The van der Waals surface area contributed by atoms with E-state index >= 15 is 0 Å². The van der Waals surface area contributed by atoms with Crippen LogP contribution in [0.15, 0.2) is 24.3 Å². The van der Waals surface area contributed by atoms with Crippen molar-refractivity contribution in [1.82, 2.24) is 14.3 Å². The van der Waals surface area contributed by atoms with Gasteiger partial charge in [-0.2, -0.15) is 0 Å². The van der Waals surface area contributed by atoms with Crippen LogP contribution in [0.3, 0.4) is 0 Å². The Morgan fingerprint density at radius 2 is 1.70 bits per heavy atom. The number of piperidine rings is 1. The molecular weight excluding hydrogens is 400 g/mol. The minimum Gasteiger partial charge on any atom is -0.292 e. The Balaban J connectivity index is 1.62. The van der Waals surface area contributed by atoms with Crippen molar-refractivity contribution in [2.45, 2.75) is 52.0 Å². The molecule has 0 atom stereocenters. The second-order valence-electron chi connectivity index (χ2n) is 8.37. The molecule has 160 valence electrons. The SMILES string of the molecule is Cc1ccc(CN2C(=O)CCc3c(C)nc(C4CCN(S(C)(=O)=O)CC4)nc32)cc1. The van der Waals surface area contributed by atoms with Gasteiger partial charge in [-0.05, 0) is 38.7 Å². The van der Waals surface area contributed by atoms with E-state index in [2.05, 4.69) is 12.1 Å². The average Bonchev–Trinajstić information content (AvgIpc) is 2.71. The lowest BCUT2D eigenvalue weighted by Crippen LogP contribution is -2.38. The first-order valence-electron chi connectivity index (χ1n) is 10.4. The van der Waals surface area contributed by atoms with Gasteiger partial charge in [-0.3, -0.25) is 9.69 Å². The second-order valence-corrected chi connectivity index (χ2v) is 10.4. The van der Waals surface area contributed by atoms with Crippen molar-refractivity contribution in [2.24, 2.45) is 0 Å². The van der Waals surface area contributed by atoms with E-state index in [1.807, 2.05) is 26.0 Å². The second kappa shape index (κ2) is 8.07. The highest BCUT2D eigenvalue weighted by Crippen LogP contribution is 2.33. The summed E-state index contributed by atoms with van der Waals surface area (Å²) >= 11 is 0. The van der Waals surface area contributed by atoms with Gasteiger partial charge in [0.1, 0.15) is 11.6 Å². The van der Waals surface area contributed by atoms with Crippen LogP contribution >= 0.6 is 0 Å². The molecule has 0 bridgehead atoms. The Morgan fingerprint density at radius 1 is 1.03 bits per heavy atom. The predicted molar refractivity (Wildman–Crippen MR) is 116 cm³/mol. The van der Waals surface area contributed by atoms with Gasteiger partial charge in [-0.1, -0.05) is 29.8 Å². The van der Waals surface area contributed by atoms with E-state index in [4.69, 9.17) is 9.97 Å². The maximum Gasteiger partial charge on any atom is 0.228 e. The standard InChI is InChI=1S/C22H28N4O3S/c1-15-4-6-17(7-5-15)14-26-20(27)9-8-19-16(2)23-21(24-22(19)26)18-10-12-25(13-11-18)30(3,28)29/h4-7,18H,8-14H2,1-3H3. The number of rotatable bonds is 4. The zero-order chi connectivity index (χ0) is 21.5. The van der Waals surface area contributed by atoms with Gasteiger partial charge in [-0.25, -0.2) is 22.7 Å². The molecule has 4 rings (SSSR count). The summed E-state index contributed by atoms with van der Waals surface area (Å²) in [5.41, 5.74) is 4.21. The largest absolute Gasteiger partial charge is 0.292 e. The number of benzene rings is 1. The summed E-state index contributed by atoms with van der Waals surface area (Å²) in [5.74, 6) is 1.63. The molecule has 0 N–H and O–H groups in total. The fourth-order valence-electron chi connectivity index (χ4n) is 4.27. The molecule has 0 saturated carbocycles. The van der Waals surface area contributed by atoms with E-state index in [0.717, 1.165) is 28.5 Å². The number of sulfonamides is 1. The van der Waals surface area contributed by atoms with Gasteiger partial charge in [-0.15, -0.1) is 0 Å². The van der Waals surface area contributed by atoms with Crippen molar-refractivity contribution in [3.63, 3.8) is 0 Å². The molecule has 0 spiro atoms. The Morgan fingerprint density at radius 3 is 2.33 bits per heavy atom. The third kappa shape index (κ3) is 4.25. The van der Waals surface area contributed by atoms with Gasteiger partial charge in [0.15, 0.2) is 0 Å². The molecule has 2 aliphatic rings. The van der Waals surface area contributed by atoms with Crippen molar-refractivity contribution in [3.8, 4) is 0 Å². The number of hydrogen-bond donors (Lipinski definition) is 0. The highest BCUT2D eigenvalue weighted by molar-refractivity contribution is 7.88. The fraction of sp³-hybridized carbons (Fsp3) is 0.500. The van der Waals surface area contributed by atoms with Gasteiger partial charge < -0.3 is 0 Å². The van der Waals surface area contributed by atoms with Gasteiger partial charge in [0.25, 0.3) is 0 Å². The molecule has 1 aromatic heterocycles. The average molecular weight is 429 g/mol. The zero-order valence-corrected chi connectivity index (χ0v) is 18.6. The first-order valence-corrected chi connectivity index (χ1v) is 12.3. The first-order chi connectivity index (χ1) is 14.2. The third-order valence-corrected chi connectivity index (χ3v) is 7.41. The Bertz CT molecular complexity index is 1060. The Hall–Kier alpha value is -2.32. The summed E-state index contributed by atoms with van der Waals surface area (Å²) in [6, 6.07) is 8.20. The quantitative estimate of drug-likeness (QED) is 0.748. The molecule has 0 unspecified atom stereocenters. The topological polar surface area (TPSA) is 83.5 Å². The van der Waals surface area contributed by atoms with Crippen molar-refractivity contribution >= 4 is 21.7 Å². The first kappa shape index (κ1) is 20.9. The third-order valence-electron chi connectivity index (χ3n) is 6.10. The van der Waals surface area contributed by atoms with Crippen LogP contribution in [0.5, 0.6) is 0 Å². The molecule has 2 aromatic rings. The van der Waals surface area contributed by atoms with Gasteiger partial charge >= 0.3 is 0 Å². The molecule has 3 heterocycles. The molecule has 2 aliphatic heterocycles. The molecule has 7 nitrogen and oxygen atoms in total. The number of aromatic nitrogens is 2. The summed E-state index contributed by atoms with van der Waals surface area (Å²) in [4.78, 5) is 24.2. The van der Waals surface area contributed by atoms with Crippen molar-refractivity contribution in [2.75, 3.05) is 24.2 Å². The summed E-state index contributed by atoms with van der Waals surface area (Å²) in [6.07, 6.45) is 3.77. The van der Waals surface area contributed by atoms with Crippen molar-refractivity contribution in [3.05, 3.63) is 52.5 Å². The van der Waals surface area contributed by atoms with E-state index < -0.39 is 10.0 Å². The molecule has 1 aromatic carbocycles. The number of aryl methyl sites for hydroxylation is 2. The fourth-order valence-corrected chi connectivity index (χ4v) is 5.14. The van der Waals surface area contributed by atoms with Crippen LogP contribution in [0.4, 0.5) is 5.82 Å². The maximum absolute atomic E-state index is 12.8. The molecule has 1 amide bonds. The monoisotopic (exact) mass is 428 g/mol. The van der Waals surface area contributed by atoms with Gasteiger partial charge in [0.2, 0.25) is 15.9 Å². The minimum absolute atomic E-state index is 0.0824. The van der Waals surface area contributed by atoms with Gasteiger partial charge in [0, 0.05) is 36.7 Å². The summed E-state index contributed by atoms with van der Waals surface area (Å²) in [5, 5.41) is 0. The lowest BCUT2D eigenvalue weighted by Gasteiger charge is -2.32. The van der Waals surface area contributed by atoms with Crippen LogP contribution in [0, 0.1) is 13.8 Å². The summed E-state index contributed by atoms with van der Waals surface area (Å²) in [6.45, 7) is 5.48. The van der Waals surface area contributed by atoms with Crippen LogP contribution in [0.25, 0.3) is 0 Å². The molecule has 8 heteroatoms. The maximum atomic E-state index is 12.8. The number of carbonyl (C=O) groups is 1. The highest BCUT2D eigenvalue weighted by atomic mass is 32.2. The molecule has 0 aliphatic carbocycles. The summed E-state index contributed by atoms with van der Waals surface area (Å²) < 4.78 is 25.1. The van der Waals surface area contributed by atoms with Crippen LogP contribution in [0.1, 0.15) is 53.4 Å². The number of carbonyl (C=O) groups excluding carboxylic acids is 1. The number of amides is 1. The number of hydrogen-bond acceptors (Lipinski definition) is 5. The van der Waals surface area contributed by atoms with Crippen LogP contribution in [0.2, 0.25) is 0 Å². The zero-order valence-electron chi connectivity index (χ0n) is 17.8. The normalized spacial score (nSPS) is 18.5. The minimum atomic E-state index is -3.17. The van der Waals surface area contributed by atoms with E-state index in [1.54, 1.807) is 4.90 Å². The van der Waals surface area contributed by atoms with Crippen LogP contribution in [-0.4, -0.2) is 47.9 Å². The Kier molecular flexibility index (Phi) is 5.63. The highest BCUT2D eigenvalue weighted by Gasteiger charge is 2.32. The van der Waals surface area contributed by atoms with E-state index in [1.165, 1.54) is 16.1 Å². The predicted octanol–water partition coefficient (Wildman–Crippen LogP) is 2.71. The van der Waals surface area contributed by atoms with Crippen molar-refractivity contribution < 1.29 is 13.2 Å². The van der Waals surface area contributed by atoms with E-state index in [9.17, 15) is 13.2 Å². The number of nitrogens with zero attached hydrogens (tertiary/aromatic N) is 4. The number of fused-ring (bicyclic) bond motifs is 1. The van der Waals surface area contributed by atoms with E-state index in [0.29, 0.717) is 45.3 Å². The van der Waals surface area contributed by atoms with Gasteiger partial charge in [0.05, 0.1) is 12.8 Å². The lowest BCUT2D eigenvalue weighted by molar-refractivity contribution is -0.119. The molecule has 30 heavy (non-hydrogen) atoms. The molecule has 1 fully saturated rings. The van der Waals surface area contributed by atoms with Crippen LogP contribution < -0.4 is 4.90 Å². The summed E-state index contributed by atoms with van der Waals surface area (Å²) in [7, 11) is -3.17. The molecule has 1 saturated heterocycles. The Labute approximate surface area is 178 Å². The smallest absolute Gasteiger partial charge is 0.228 e. The van der Waals surface area contributed by atoms with Crippen LogP contribution in [-0.2, 0) is 27.8 Å².